The van der Waals surface area contributed by atoms with Crippen LogP contribution in [-0.2, 0) is 11.3 Å². The highest BCUT2D eigenvalue weighted by molar-refractivity contribution is 5.99. The molecule has 1 aliphatic heterocycles. The highest BCUT2D eigenvalue weighted by Gasteiger charge is 2.28. The number of nitrogens with one attached hydrogen (secondary N) is 2. The summed E-state index contributed by atoms with van der Waals surface area (Å²) >= 11 is 0. The van der Waals surface area contributed by atoms with Gasteiger partial charge in [-0.1, -0.05) is 18.6 Å². The van der Waals surface area contributed by atoms with Gasteiger partial charge >= 0.3 is 0 Å². The van der Waals surface area contributed by atoms with E-state index in [1.54, 1.807) is 38.1 Å². The van der Waals surface area contributed by atoms with Crippen LogP contribution in [0.25, 0.3) is 4.85 Å². The number of hydrogen-bond acceptors (Lipinski definition) is 3. The van der Waals surface area contributed by atoms with Gasteiger partial charge in [0, 0.05) is 23.5 Å². The van der Waals surface area contributed by atoms with Crippen LogP contribution >= 0.6 is 0 Å². The van der Waals surface area contributed by atoms with Gasteiger partial charge in [-0.05, 0) is 76.5 Å². The highest BCUT2D eigenvalue weighted by Crippen LogP contribution is 2.25. The molecule has 30 heavy (non-hydrogen) atoms. The molecule has 1 amide bonds. The molecule has 2 N–H and O–H groups in total. The third kappa shape index (κ3) is 5.37. The Morgan fingerprint density at radius 2 is 1.83 bits per heavy atom. The van der Waals surface area contributed by atoms with E-state index in [1.165, 1.54) is 25.3 Å². The summed E-state index contributed by atoms with van der Waals surface area (Å²) in [5.74, 6) is -0.498. The Hall–Kier alpha value is -2.91. The van der Waals surface area contributed by atoms with E-state index in [2.05, 4.69) is 20.4 Å². The largest absolute Gasteiger partial charge is 0.372 e. The fraction of sp³-hybridized carbons (Fsp3) is 0.417. The molecule has 2 aromatic rings. The molecule has 1 aliphatic rings. The number of aryl methyl sites for hydroxylation is 1. The van der Waals surface area contributed by atoms with Gasteiger partial charge in [0.1, 0.15) is 11.4 Å². The van der Waals surface area contributed by atoms with Crippen molar-refractivity contribution in [2.24, 2.45) is 0 Å². The summed E-state index contributed by atoms with van der Waals surface area (Å²) in [5.41, 5.74) is 2.29. The second-order valence-electron chi connectivity index (χ2n) is 8.46. The quantitative estimate of drug-likeness (QED) is 0.621. The number of carbonyl (C=O) groups excluding carboxylic acids is 1. The van der Waals surface area contributed by atoms with Gasteiger partial charge in [0.2, 0.25) is 5.91 Å². The second kappa shape index (κ2) is 9.27. The molecule has 0 saturated carbocycles. The Bertz CT molecular complexity index is 958. The predicted molar refractivity (Wildman–Crippen MR) is 119 cm³/mol. The number of likely N-dealkylation sites (tertiary alicyclic amines) is 1. The van der Waals surface area contributed by atoms with E-state index in [-0.39, 0.29) is 11.7 Å². The Morgan fingerprint density at radius 1 is 1.13 bits per heavy atom. The summed E-state index contributed by atoms with van der Waals surface area (Å²) in [7, 11) is 0. The van der Waals surface area contributed by atoms with E-state index in [4.69, 9.17) is 6.57 Å². The minimum Gasteiger partial charge on any atom is -0.372 e. The van der Waals surface area contributed by atoms with E-state index in [9.17, 15) is 9.18 Å². The van der Waals surface area contributed by atoms with Crippen LogP contribution in [0.1, 0.15) is 44.2 Å². The van der Waals surface area contributed by atoms with Crippen LogP contribution in [0.3, 0.4) is 0 Å². The lowest BCUT2D eigenvalue weighted by molar-refractivity contribution is -0.119. The molecular weight excluding hydrogens is 379 g/mol. The first-order chi connectivity index (χ1) is 14.3. The fourth-order valence-corrected chi connectivity index (χ4v) is 3.68. The minimum absolute atomic E-state index is 0.240. The summed E-state index contributed by atoms with van der Waals surface area (Å²) in [5, 5.41) is 6.00. The van der Waals surface area contributed by atoms with E-state index in [1.807, 2.05) is 13.0 Å². The third-order valence-electron chi connectivity index (χ3n) is 5.50. The van der Waals surface area contributed by atoms with Crippen molar-refractivity contribution in [2.45, 2.75) is 52.1 Å². The number of piperidine rings is 1. The molecular formula is C24H29FN4O. The number of nitrogens with zero attached hydrogens (tertiary/aromatic N) is 2. The normalized spacial score (nSPS) is 14.8. The summed E-state index contributed by atoms with van der Waals surface area (Å²) < 4.78 is 14.7. The molecule has 3 rings (SSSR count). The topological polar surface area (TPSA) is 48.7 Å². The zero-order valence-corrected chi connectivity index (χ0v) is 17.9. The third-order valence-corrected chi connectivity index (χ3v) is 5.50. The van der Waals surface area contributed by atoms with Gasteiger partial charge in [0.15, 0.2) is 5.69 Å². The summed E-state index contributed by atoms with van der Waals surface area (Å²) in [6.45, 7) is 15.1. The molecule has 0 bridgehead atoms. The number of benzene rings is 2. The van der Waals surface area contributed by atoms with Gasteiger partial charge in [0.25, 0.3) is 0 Å². The van der Waals surface area contributed by atoms with E-state index in [0.29, 0.717) is 29.2 Å². The summed E-state index contributed by atoms with van der Waals surface area (Å²) in [6.07, 6.45) is 3.59. The minimum atomic E-state index is -0.951. The van der Waals surface area contributed by atoms with Gasteiger partial charge in [0.05, 0.1) is 6.57 Å². The van der Waals surface area contributed by atoms with E-state index in [0.717, 1.165) is 18.7 Å². The van der Waals surface area contributed by atoms with Gasteiger partial charge < -0.3 is 10.6 Å². The fourth-order valence-electron chi connectivity index (χ4n) is 3.68. The molecule has 0 aliphatic carbocycles. The van der Waals surface area contributed by atoms with Crippen LogP contribution in [0.15, 0.2) is 36.4 Å². The SMILES string of the molecule is [C-]#[N+]c1ccc(NC(=O)C(C)(C)Nc2ccc(CN3CCCCC3)c(F)c2)cc1C. The van der Waals surface area contributed by atoms with Gasteiger partial charge in [-0.3, -0.25) is 9.69 Å². The number of hydrogen-bond donors (Lipinski definition) is 2. The standard InChI is InChI=1S/C24H29FN4O/c1-17-14-19(10-11-22(17)26-4)27-23(30)24(2,3)28-20-9-8-18(21(25)15-20)16-29-12-6-5-7-13-29/h8-11,14-15,28H,5-7,12-13,16H2,1-3H3,(H,27,30). The molecule has 0 atom stereocenters. The van der Waals surface area contributed by atoms with Crippen LogP contribution < -0.4 is 10.6 Å². The summed E-state index contributed by atoms with van der Waals surface area (Å²) in [6, 6.07) is 10.3. The number of anilines is 2. The number of amides is 1. The highest BCUT2D eigenvalue weighted by atomic mass is 19.1. The lowest BCUT2D eigenvalue weighted by Crippen LogP contribution is -2.44. The molecule has 2 aromatic carbocycles. The van der Waals surface area contributed by atoms with Crippen molar-refractivity contribution in [1.82, 2.24) is 4.90 Å². The average Bonchev–Trinajstić information content (AvgIpc) is 2.71. The monoisotopic (exact) mass is 408 g/mol. The van der Waals surface area contributed by atoms with E-state index >= 15 is 0 Å². The van der Waals surface area contributed by atoms with Crippen molar-refractivity contribution in [3.8, 4) is 0 Å². The average molecular weight is 409 g/mol. The first kappa shape index (κ1) is 21.8. The van der Waals surface area contributed by atoms with Crippen LogP contribution in [0.5, 0.6) is 0 Å². The predicted octanol–water partition coefficient (Wildman–Crippen LogP) is 5.50. The maximum atomic E-state index is 14.7. The Balaban J connectivity index is 1.65. The molecule has 0 spiro atoms. The number of carbonyl (C=O) groups is 1. The lowest BCUT2D eigenvalue weighted by Gasteiger charge is -2.28. The molecule has 0 radical (unpaired) electrons. The molecule has 5 nitrogen and oxygen atoms in total. The smallest absolute Gasteiger partial charge is 0.249 e. The molecule has 6 heteroatoms. The Morgan fingerprint density at radius 3 is 2.47 bits per heavy atom. The van der Waals surface area contributed by atoms with Crippen molar-refractivity contribution >= 4 is 23.0 Å². The van der Waals surface area contributed by atoms with Crippen molar-refractivity contribution in [3.05, 3.63) is 64.8 Å². The molecule has 1 heterocycles. The Labute approximate surface area is 178 Å². The molecule has 0 aromatic heterocycles. The zero-order chi connectivity index (χ0) is 21.7. The first-order valence-corrected chi connectivity index (χ1v) is 10.4. The van der Waals surface area contributed by atoms with Crippen LogP contribution in [-0.4, -0.2) is 29.4 Å². The zero-order valence-electron chi connectivity index (χ0n) is 17.9. The van der Waals surface area contributed by atoms with Crippen LogP contribution in [0, 0.1) is 19.3 Å². The van der Waals surface area contributed by atoms with Crippen molar-refractivity contribution in [2.75, 3.05) is 23.7 Å². The number of rotatable bonds is 6. The van der Waals surface area contributed by atoms with Gasteiger partial charge in [-0.25, -0.2) is 9.24 Å². The maximum Gasteiger partial charge on any atom is 0.249 e. The van der Waals surface area contributed by atoms with Crippen molar-refractivity contribution in [1.29, 1.82) is 0 Å². The number of halogens is 1. The van der Waals surface area contributed by atoms with Gasteiger partial charge in [-0.15, -0.1) is 0 Å². The molecule has 158 valence electrons. The van der Waals surface area contributed by atoms with Crippen molar-refractivity contribution in [3.63, 3.8) is 0 Å². The molecule has 0 unspecified atom stereocenters. The van der Waals surface area contributed by atoms with Crippen LogP contribution in [0.2, 0.25) is 0 Å². The van der Waals surface area contributed by atoms with Crippen LogP contribution in [0.4, 0.5) is 21.5 Å². The molecule has 1 saturated heterocycles. The first-order valence-electron chi connectivity index (χ1n) is 10.4. The second-order valence-corrected chi connectivity index (χ2v) is 8.46. The Kier molecular flexibility index (Phi) is 6.73. The maximum absolute atomic E-state index is 14.7. The molecule has 1 fully saturated rings. The lowest BCUT2D eigenvalue weighted by atomic mass is 10.0. The van der Waals surface area contributed by atoms with E-state index < -0.39 is 5.54 Å². The summed E-state index contributed by atoms with van der Waals surface area (Å²) in [4.78, 5) is 18.5. The van der Waals surface area contributed by atoms with Gasteiger partial charge in [-0.2, -0.15) is 0 Å². The van der Waals surface area contributed by atoms with Crippen molar-refractivity contribution < 1.29 is 9.18 Å².